The van der Waals surface area contributed by atoms with Crippen LogP contribution in [0.2, 0.25) is 0 Å². The Hall–Kier alpha value is -3.39. The molecule has 0 spiro atoms. The molecular weight excluding hydrogens is 436 g/mol. The van der Waals surface area contributed by atoms with Crippen LogP contribution >= 0.6 is 0 Å². The minimum atomic E-state index is -1.05. The molecule has 3 N–H and O–H groups in total. The molecule has 1 fully saturated rings. The fourth-order valence-electron chi connectivity index (χ4n) is 4.66. The van der Waals surface area contributed by atoms with Gasteiger partial charge < -0.3 is 25.2 Å². The Balaban J connectivity index is 1.29. The molecule has 34 heavy (non-hydrogen) atoms. The van der Waals surface area contributed by atoms with E-state index in [1.165, 1.54) is 11.1 Å². The molecule has 1 saturated carbocycles. The van der Waals surface area contributed by atoms with Gasteiger partial charge in [0.2, 0.25) is 5.91 Å². The van der Waals surface area contributed by atoms with Gasteiger partial charge in [-0.25, -0.2) is 9.59 Å². The molecule has 8 nitrogen and oxygen atoms in total. The predicted octanol–water partition coefficient (Wildman–Crippen LogP) is 3.30. The summed E-state index contributed by atoms with van der Waals surface area (Å²) < 4.78 is 10.6. The number of hydrogen-bond donors (Lipinski definition) is 3. The number of carboxylic acids is 1. The minimum Gasteiger partial charge on any atom is -0.480 e. The maximum absolute atomic E-state index is 12.7. The normalized spacial score (nSPS) is 15.5. The van der Waals surface area contributed by atoms with Crippen LogP contribution in [-0.2, 0) is 19.1 Å². The number of amides is 2. The molecule has 2 aliphatic carbocycles. The summed E-state index contributed by atoms with van der Waals surface area (Å²) in [6.45, 7) is 0.161. The van der Waals surface area contributed by atoms with Gasteiger partial charge in [-0.2, -0.15) is 0 Å². The number of aliphatic carboxylic acids is 1. The van der Waals surface area contributed by atoms with Crippen molar-refractivity contribution in [3.8, 4) is 11.1 Å². The van der Waals surface area contributed by atoms with Crippen LogP contribution in [0.5, 0.6) is 0 Å². The van der Waals surface area contributed by atoms with E-state index < -0.39 is 18.7 Å². The van der Waals surface area contributed by atoms with Gasteiger partial charge >= 0.3 is 12.1 Å². The lowest BCUT2D eigenvalue weighted by Gasteiger charge is -2.33. The van der Waals surface area contributed by atoms with Gasteiger partial charge in [-0.1, -0.05) is 55.0 Å². The summed E-state index contributed by atoms with van der Waals surface area (Å²) in [5.74, 6) is -1.04. The van der Waals surface area contributed by atoms with E-state index in [4.69, 9.17) is 14.6 Å². The van der Waals surface area contributed by atoms with Gasteiger partial charge in [-0.15, -0.1) is 0 Å². The molecule has 0 saturated heterocycles. The smallest absolute Gasteiger partial charge is 0.407 e. The third-order valence-corrected chi connectivity index (χ3v) is 6.57. The lowest BCUT2D eigenvalue weighted by atomic mass is 9.78. The summed E-state index contributed by atoms with van der Waals surface area (Å²) in [4.78, 5) is 35.5. The third-order valence-electron chi connectivity index (χ3n) is 6.57. The predicted molar refractivity (Wildman–Crippen MR) is 125 cm³/mol. The number of rotatable bonds is 11. The number of hydrogen-bond acceptors (Lipinski definition) is 5. The maximum Gasteiger partial charge on any atom is 0.407 e. The van der Waals surface area contributed by atoms with E-state index in [-0.39, 0.29) is 50.0 Å². The Bertz CT molecular complexity index is 990. The topological polar surface area (TPSA) is 114 Å². The molecule has 2 amide bonds. The van der Waals surface area contributed by atoms with Crippen molar-refractivity contribution in [1.82, 2.24) is 10.6 Å². The lowest BCUT2D eigenvalue weighted by Crippen LogP contribution is -2.46. The summed E-state index contributed by atoms with van der Waals surface area (Å²) in [6.07, 6.45) is 2.63. The Morgan fingerprint density at radius 2 is 1.65 bits per heavy atom. The third kappa shape index (κ3) is 5.75. The van der Waals surface area contributed by atoms with Crippen molar-refractivity contribution in [2.45, 2.75) is 37.6 Å². The largest absolute Gasteiger partial charge is 0.480 e. The van der Waals surface area contributed by atoms with Gasteiger partial charge in [-0.3, -0.25) is 4.79 Å². The van der Waals surface area contributed by atoms with Gasteiger partial charge in [0.25, 0.3) is 0 Å². The first-order valence-corrected chi connectivity index (χ1v) is 11.7. The highest BCUT2D eigenvalue weighted by molar-refractivity contribution is 5.79. The van der Waals surface area contributed by atoms with E-state index >= 15 is 0 Å². The first-order chi connectivity index (χ1) is 16.5. The number of benzene rings is 2. The molecule has 0 bridgehead atoms. The van der Waals surface area contributed by atoms with Crippen LogP contribution in [0.15, 0.2) is 48.5 Å². The standard InChI is InChI=1S/C26H30N2O6/c29-24(27-12-13-33-16-25(30)31)14-23(17-6-5-7-17)28-26(32)34-15-22-20-10-3-1-8-18(20)19-9-2-4-11-21(19)22/h1-4,8-11,17,22-23H,5-7,12-16H2,(H,27,29)(H,28,32)(H,30,31). The number of carboxylic acid groups (broad SMARTS) is 1. The zero-order valence-corrected chi connectivity index (χ0v) is 19.0. The first-order valence-electron chi connectivity index (χ1n) is 11.7. The molecule has 0 heterocycles. The Morgan fingerprint density at radius 1 is 1.00 bits per heavy atom. The van der Waals surface area contributed by atoms with Gasteiger partial charge in [0.1, 0.15) is 13.2 Å². The van der Waals surface area contributed by atoms with Crippen molar-refractivity contribution in [2.75, 3.05) is 26.4 Å². The highest BCUT2D eigenvalue weighted by Crippen LogP contribution is 2.44. The lowest BCUT2D eigenvalue weighted by molar-refractivity contribution is -0.142. The number of carbonyl (C=O) groups excluding carboxylic acids is 2. The summed E-state index contributed by atoms with van der Waals surface area (Å²) >= 11 is 0. The number of ether oxygens (including phenoxy) is 2. The van der Waals surface area contributed by atoms with Crippen LogP contribution < -0.4 is 10.6 Å². The van der Waals surface area contributed by atoms with Crippen LogP contribution in [-0.4, -0.2) is 55.5 Å². The molecule has 2 aliphatic rings. The van der Waals surface area contributed by atoms with Gasteiger partial charge in [0, 0.05) is 24.9 Å². The minimum absolute atomic E-state index is 0.0191. The second-order valence-electron chi connectivity index (χ2n) is 8.77. The van der Waals surface area contributed by atoms with Crippen molar-refractivity contribution in [3.63, 3.8) is 0 Å². The van der Waals surface area contributed by atoms with Gasteiger partial charge in [0.15, 0.2) is 0 Å². The van der Waals surface area contributed by atoms with Crippen molar-refractivity contribution in [1.29, 1.82) is 0 Å². The summed E-state index contributed by atoms with van der Waals surface area (Å²) in [5, 5.41) is 14.2. The van der Waals surface area contributed by atoms with Crippen LogP contribution in [0.3, 0.4) is 0 Å². The number of alkyl carbamates (subject to hydrolysis) is 1. The van der Waals surface area contributed by atoms with Gasteiger partial charge in [-0.05, 0) is 41.0 Å². The molecule has 180 valence electrons. The SMILES string of the molecule is O=C(O)COCCNC(=O)CC(NC(=O)OCC1c2ccccc2-c2ccccc21)C1CCC1. The number of carbonyl (C=O) groups is 3. The Kier molecular flexibility index (Phi) is 7.80. The number of nitrogens with one attached hydrogen (secondary N) is 2. The van der Waals surface area contributed by atoms with Crippen LogP contribution in [0.25, 0.3) is 11.1 Å². The maximum atomic E-state index is 12.7. The highest BCUT2D eigenvalue weighted by atomic mass is 16.5. The molecule has 4 rings (SSSR count). The van der Waals surface area contributed by atoms with Crippen LogP contribution in [0.4, 0.5) is 4.79 Å². The van der Waals surface area contributed by atoms with Crippen LogP contribution in [0.1, 0.15) is 42.7 Å². The van der Waals surface area contributed by atoms with Crippen molar-refractivity contribution in [3.05, 3.63) is 59.7 Å². The zero-order valence-electron chi connectivity index (χ0n) is 19.0. The monoisotopic (exact) mass is 466 g/mol. The Labute approximate surface area is 198 Å². The average Bonchev–Trinajstić information content (AvgIpc) is 3.10. The molecule has 0 aromatic heterocycles. The molecule has 1 unspecified atom stereocenters. The molecule has 0 radical (unpaired) electrons. The molecule has 8 heteroatoms. The van der Waals surface area contributed by atoms with E-state index in [0.29, 0.717) is 0 Å². The fourth-order valence-corrected chi connectivity index (χ4v) is 4.66. The van der Waals surface area contributed by atoms with E-state index in [2.05, 4.69) is 34.9 Å². The average molecular weight is 467 g/mol. The second kappa shape index (κ2) is 11.2. The molecular formula is C26H30N2O6. The first kappa shape index (κ1) is 23.8. The molecule has 2 aromatic rings. The van der Waals surface area contributed by atoms with E-state index in [9.17, 15) is 14.4 Å². The van der Waals surface area contributed by atoms with E-state index in [1.54, 1.807) is 0 Å². The summed E-state index contributed by atoms with van der Waals surface area (Å²) in [7, 11) is 0. The Morgan fingerprint density at radius 3 is 2.24 bits per heavy atom. The van der Waals surface area contributed by atoms with Crippen molar-refractivity contribution < 1.29 is 29.0 Å². The van der Waals surface area contributed by atoms with Gasteiger partial charge in [0.05, 0.1) is 6.61 Å². The van der Waals surface area contributed by atoms with E-state index in [1.807, 2.05) is 24.3 Å². The zero-order chi connectivity index (χ0) is 23.9. The van der Waals surface area contributed by atoms with Crippen LogP contribution in [0, 0.1) is 5.92 Å². The quantitative estimate of drug-likeness (QED) is 0.438. The summed E-state index contributed by atoms with van der Waals surface area (Å²) in [6, 6.07) is 16.0. The summed E-state index contributed by atoms with van der Waals surface area (Å²) in [5.41, 5.74) is 4.64. The fraction of sp³-hybridized carbons (Fsp3) is 0.423. The molecule has 0 aliphatic heterocycles. The second-order valence-corrected chi connectivity index (χ2v) is 8.77. The highest BCUT2D eigenvalue weighted by Gasteiger charge is 2.32. The van der Waals surface area contributed by atoms with E-state index in [0.717, 1.165) is 30.4 Å². The van der Waals surface area contributed by atoms with Crippen molar-refractivity contribution in [2.24, 2.45) is 5.92 Å². The number of fused-ring (bicyclic) bond motifs is 3. The molecule has 2 aromatic carbocycles. The van der Waals surface area contributed by atoms with Crippen molar-refractivity contribution >= 4 is 18.0 Å². The molecule has 1 atom stereocenters.